The Kier molecular flexibility index (Phi) is 6.22. The van der Waals surface area contributed by atoms with Crippen molar-refractivity contribution >= 4 is 29.0 Å². The Morgan fingerprint density at radius 1 is 1.58 bits per heavy atom. The maximum absolute atomic E-state index is 12.3. The molecule has 1 rings (SSSR count). The summed E-state index contributed by atoms with van der Waals surface area (Å²) >= 11 is 1.53. The molecule has 0 saturated heterocycles. The van der Waals surface area contributed by atoms with E-state index in [1.165, 1.54) is 6.07 Å². The number of rotatable bonds is 7. The molecule has 0 aliphatic rings. The van der Waals surface area contributed by atoms with Crippen LogP contribution in [-0.2, 0) is 0 Å². The summed E-state index contributed by atoms with van der Waals surface area (Å²) in [4.78, 5) is 12.6. The van der Waals surface area contributed by atoms with Gasteiger partial charge in [0.05, 0.1) is 0 Å². The Morgan fingerprint density at radius 2 is 2.26 bits per heavy atom. The maximum atomic E-state index is 12.3. The summed E-state index contributed by atoms with van der Waals surface area (Å²) in [6.07, 6.45) is 0.566. The average molecular weight is 309 g/mol. The van der Waals surface area contributed by atoms with Crippen molar-refractivity contribution in [3.63, 3.8) is 0 Å². The largest absolute Gasteiger partial charge is 0.396 e. The molecule has 19 heavy (non-hydrogen) atoms. The third-order valence-corrected chi connectivity index (χ3v) is 4.38. The molecule has 0 saturated carbocycles. The van der Waals surface area contributed by atoms with Gasteiger partial charge in [0.15, 0.2) is 0 Å². The smallest absolute Gasteiger partial charge is 0.288 e. The second-order valence-corrected chi connectivity index (χ2v) is 6.76. The van der Waals surface area contributed by atoms with Crippen molar-refractivity contribution in [1.82, 2.24) is 5.32 Å². The van der Waals surface area contributed by atoms with Gasteiger partial charge in [0, 0.05) is 18.0 Å². The van der Waals surface area contributed by atoms with Gasteiger partial charge in [-0.1, -0.05) is 25.6 Å². The molecule has 1 amide bonds. The van der Waals surface area contributed by atoms with Crippen molar-refractivity contribution in [3.8, 4) is 0 Å². The first-order valence-corrected chi connectivity index (χ1v) is 7.53. The molecule has 1 aromatic rings. The first-order valence-electron chi connectivity index (χ1n) is 5.77. The van der Waals surface area contributed by atoms with Crippen molar-refractivity contribution in [2.24, 2.45) is 5.41 Å². The van der Waals surface area contributed by atoms with Gasteiger partial charge in [0.25, 0.3) is 11.7 Å². The van der Waals surface area contributed by atoms with Crippen LogP contribution < -0.4 is 5.32 Å². The van der Waals surface area contributed by atoms with Crippen molar-refractivity contribution < 1.29 is 18.7 Å². The molecular formula is C12H17F2NO2S2. The minimum atomic E-state index is -2.54. The number of thioether (sulfide) groups is 1. The number of carbonyl (C=O) groups excluding carboxylic acids is 1. The molecule has 0 bridgehead atoms. The molecule has 108 valence electrons. The number of nitrogens with one attached hydrogen (secondary N) is 1. The Balaban J connectivity index is 2.61. The van der Waals surface area contributed by atoms with Crippen LogP contribution in [0.2, 0.25) is 0 Å². The van der Waals surface area contributed by atoms with E-state index in [1.807, 2.05) is 13.8 Å². The molecule has 0 aliphatic heterocycles. The van der Waals surface area contributed by atoms with E-state index in [9.17, 15) is 13.6 Å². The van der Waals surface area contributed by atoms with Gasteiger partial charge in [0.1, 0.15) is 4.88 Å². The summed E-state index contributed by atoms with van der Waals surface area (Å²) in [5.41, 5.74) is -0.225. The topological polar surface area (TPSA) is 49.3 Å². The number of halogens is 2. The van der Waals surface area contributed by atoms with E-state index >= 15 is 0 Å². The third kappa shape index (κ3) is 5.46. The summed E-state index contributed by atoms with van der Waals surface area (Å²) in [7, 11) is 0. The summed E-state index contributed by atoms with van der Waals surface area (Å²) in [6, 6.07) is 1.52. The minimum absolute atomic E-state index is 0.0500. The van der Waals surface area contributed by atoms with Crippen LogP contribution in [0.5, 0.6) is 0 Å². The lowest BCUT2D eigenvalue weighted by atomic mass is 9.90. The van der Waals surface area contributed by atoms with Crippen molar-refractivity contribution in [1.29, 1.82) is 0 Å². The van der Waals surface area contributed by atoms with Crippen LogP contribution in [0, 0.1) is 5.41 Å². The van der Waals surface area contributed by atoms with E-state index in [2.05, 4.69) is 5.32 Å². The second-order valence-electron chi connectivity index (χ2n) is 4.81. The van der Waals surface area contributed by atoms with Crippen LogP contribution in [0.3, 0.4) is 0 Å². The molecule has 0 aliphatic carbocycles. The highest BCUT2D eigenvalue weighted by atomic mass is 32.2. The Morgan fingerprint density at radius 3 is 2.84 bits per heavy atom. The third-order valence-electron chi connectivity index (χ3n) is 2.57. The van der Waals surface area contributed by atoms with Gasteiger partial charge in [-0.25, -0.2) is 0 Å². The lowest BCUT2D eigenvalue weighted by molar-refractivity contribution is 0.0929. The molecule has 0 fully saturated rings. The van der Waals surface area contributed by atoms with Crippen LogP contribution in [0.15, 0.2) is 16.3 Å². The summed E-state index contributed by atoms with van der Waals surface area (Å²) in [6.45, 7) is 4.29. The Bertz CT molecular complexity index is 422. The zero-order valence-corrected chi connectivity index (χ0v) is 12.4. The van der Waals surface area contributed by atoms with Gasteiger partial charge < -0.3 is 10.4 Å². The van der Waals surface area contributed by atoms with Crippen LogP contribution >= 0.6 is 23.1 Å². The predicted octanol–water partition coefficient (Wildman–Crippen LogP) is 3.20. The molecule has 0 radical (unpaired) electrons. The van der Waals surface area contributed by atoms with Gasteiger partial charge in [-0.15, -0.1) is 11.3 Å². The normalized spacial score (nSPS) is 11.9. The summed E-state index contributed by atoms with van der Waals surface area (Å²) in [5.74, 6) is -2.88. The van der Waals surface area contributed by atoms with E-state index in [0.29, 0.717) is 34.5 Å². The molecular weight excluding hydrogens is 292 g/mol. The highest BCUT2D eigenvalue weighted by Gasteiger charge is 2.21. The first kappa shape index (κ1) is 16.4. The van der Waals surface area contributed by atoms with Gasteiger partial charge in [-0.2, -0.15) is 8.78 Å². The fraction of sp³-hybridized carbons (Fsp3) is 0.583. The standard InChI is InChI=1S/C12H17F2NO2S2/c1-12(2,4-5-16)7-15-10(17)9-8(3-6-18-9)19-11(13)14/h3,6,11,16H,4-5,7H2,1-2H3,(H,15,17). The van der Waals surface area contributed by atoms with Gasteiger partial charge in [0.2, 0.25) is 0 Å². The van der Waals surface area contributed by atoms with E-state index in [4.69, 9.17) is 5.11 Å². The lowest BCUT2D eigenvalue weighted by Gasteiger charge is -2.23. The molecule has 0 unspecified atom stereocenters. The molecule has 0 spiro atoms. The zero-order valence-electron chi connectivity index (χ0n) is 10.8. The van der Waals surface area contributed by atoms with Crippen LogP contribution in [-0.4, -0.2) is 29.9 Å². The van der Waals surface area contributed by atoms with Crippen molar-refractivity contribution in [2.45, 2.75) is 30.9 Å². The quantitative estimate of drug-likeness (QED) is 0.761. The van der Waals surface area contributed by atoms with Crippen molar-refractivity contribution in [2.75, 3.05) is 13.2 Å². The molecule has 0 aromatic carbocycles. The first-order chi connectivity index (χ1) is 8.85. The van der Waals surface area contributed by atoms with Crippen LogP contribution in [0.1, 0.15) is 29.9 Å². The Hall–Kier alpha value is -0.660. The molecule has 2 N–H and O–H groups in total. The van der Waals surface area contributed by atoms with Crippen molar-refractivity contribution in [3.05, 3.63) is 16.3 Å². The summed E-state index contributed by atoms with van der Waals surface area (Å²) in [5, 5.41) is 13.2. The SMILES string of the molecule is CC(C)(CCO)CNC(=O)c1sccc1SC(F)F. The van der Waals surface area contributed by atoms with Crippen LogP contribution in [0.4, 0.5) is 8.78 Å². The zero-order chi connectivity index (χ0) is 14.5. The number of aliphatic hydroxyl groups excluding tert-OH is 1. The number of amides is 1. The molecule has 1 aromatic heterocycles. The fourth-order valence-corrected chi connectivity index (χ4v) is 3.06. The molecule has 1 heterocycles. The maximum Gasteiger partial charge on any atom is 0.288 e. The number of aliphatic hydroxyl groups is 1. The van der Waals surface area contributed by atoms with E-state index < -0.39 is 5.76 Å². The highest BCUT2D eigenvalue weighted by Crippen LogP contribution is 2.32. The van der Waals surface area contributed by atoms with E-state index in [1.54, 1.807) is 5.38 Å². The van der Waals surface area contributed by atoms with E-state index in [0.717, 1.165) is 11.3 Å². The van der Waals surface area contributed by atoms with Gasteiger partial charge in [-0.3, -0.25) is 4.79 Å². The molecule has 0 atom stereocenters. The fourth-order valence-electron chi connectivity index (χ4n) is 1.44. The number of carbonyl (C=O) groups is 1. The second kappa shape index (κ2) is 7.21. The number of hydrogen-bond donors (Lipinski definition) is 2. The van der Waals surface area contributed by atoms with E-state index in [-0.39, 0.29) is 17.9 Å². The van der Waals surface area contributed by atoms with Crippen LogP contribution in [0.25, 0.3) is 0 Å². The number of alkyl halides is 2. The lowest BCUT2D eigenvalue weighted by Crippen LogP contribution is -2.34. The molecule has 3 nitrogen and oxygen atoms in total. The highest BCUT2D eigenvalue weighted by molar-refractivity contribution is 7.99. The number of hydrogen-bond acceptors (Lipinski definition) is 4. The summed E-state index contributed by atoms with van der Waals surface area (Å²) < 4.78 is 24.7. The number of thiophene rings is 1. The predicted molar refractivity (Wildman–Crippen MR) is 74.0 cm³/mol. The Labute approximate surface area is 119 Å². The minimum Gasteiger partial charge on any atom is -0.396 e. The monoisotopic (exact) mass is 309 g/mol. The van der Waals surface area contributed by atoms with Gasteiger partial charge >= 0.3 is 0 Å². The molecule has 7 heteroatoms. The van der Waals surface area contributed by atoms with Gasteiger partial charge in [-0.05, 0) is 23.3 Å². The average Bonchev–Trinajstić information content (AvgIpc) is 2.73.